The van der Waals surface area contributed by atoms with E-state index in [9.17, 15) is 9.90 Å². The Bertz CT molecular complexity index is 1170. The molecule has 0 aromatic rings. The van der Waals surface area contributed by atoms with Crippen molar-refractivity contribution in [3.05, 3.63) is 60.3 Å². The molecule has 0 aromatic carbocycles. The molecule has 3 heteroatoms. The third-order valence-electron chi connectivity index (χ3n) is 13.9. The van der Waals surface area contributed by atoms with E-state index in [4.69, 9.17) is 4.74 Å². The van der Waals surface area contributed by atoms with E-state index in [0.717, 1.165) is 86.9 Å². The summed E-state index contributed by atoms with van der Waals surface area (Å²) < 4.78 is 6.09. The second kappa shape index (κ2) is 20.4. The lowest BCUT2D eigenvalue weighted by molar-refractivity contribution is -0.151. The number of carbonyl (C=O) groups is 1. The SMILES string of the molecule is CCCCC[C@@H](O)/C=C/C=C\C/C=C\C/C=C\CCCC(=O)O[C@H]1CC[C@@]2(C)C(=CC[C@H]3[C@@H]4CC[C@H]([C@H](C)CCCC(C)C)[C@@]4(C)CC[C@@H]32)C1. The number of rotatable bonds is 20. The number of esters is 1. The number of hydrogen-bond acceptors (Lipinski definition) is 3. The Labute approximate surface area is 308 Å². The van der Waals surface area contributed by atoms with Crippen LogP contribution >= 0.6 is 0 Å². The van der Waals surface area contributed by atoms with Gasteiger partial charge in [-0.3, -0.25) is 4.79 Å². The first-order valence-corrected chi connectivity index (χ1v) is 21.3. The molecule has 50 heavy (non-hydrogen) atoms. The molecular weight excluding hydrogens is 613 g/mol. The van der Waals surface area contributed by atoms with Crippen molar-refractivity contribution in [1.82, 2.24) is 0 Å². The Morgan fingerprint density at radius 1 is 0.880 bits per heavy atom. The van der Waals surface area contributed by atoms with E-state index in [-0.39, 0.29) is 18.2 Å². The number of hydrogen-bond donors (Lipinski definition) is 1. The molecule has 0 aromatic heterocycles. The molecule has 0 bridgehead atoms. The number of carbonyl (C=O) groups excluding carboxylic acids is 1. The van der Waals surface area contributed by atoms with Gasteiger partial charge in [0.05, 0.1) is 6.10 Å². The van der Waals surface area contributed by atoms with E-state index < -0.39 is 0 Å². The second-order valence-electron chi connectivity index (χ2n) is 17.8. The zero-order valence-corrected chi connectivity index (χ0v) is 33.2. The minimum absolute atomic E-state index is 0.0107. The van der Waals surface area contributed by atoms with Crippen molar-refractivity contribution in [3.63, 3.8) is 0 Å². The van der Waals surface area contributed by atoms with Gasteiger partial charge >= 0.3 is 5.97 Å². The quantitative estimate of drug-likeness (QED) is 0.0599. The molecule has 3 nitrogen and oxygen atoms in total. The van der Waals surface area contributed by atoms with Crippen LogP contribution in [0.5, 0.6) is 0 Å². The molecule has 0 radical (unpaired) electrons. The normalized spacial score (nSPS) is 32.5. The van der Waals surface area contributed by atoms with Crippen LogP contribution in [0.3, 0.4) is 0 Å². The maximum Gasteiger partial charge on any atom is 0.306 e. The van der Waals surface area contributed by atoms with Crippen molar-refractivity contribution in [2.24, 2.45) is 46.3 Å². The minimum atomic E-state index is -0.327. The molecule has 0 heterocycles. The van der Waals surface area contributed by atoms with Crippen molar-refractivity contribution in [2.75, 3.05) is 0 Å². The topological polar surface area (TPSA) is 46.5 Å². The van der Waals surface area contributed by atoms with Gasteiger partial charge in [-0.15, -0.1) is 0 Å². The van der Waals surface area contributed by atoms with Crippen molar-refractivity contribution < 1.29 is 14.6 Å². The Morgan fingerprint density at radius 2 is 1.66 bits per heavy atom. The number of unbranched alkanes of at least 4 members (excludes halogenated alkanes) is 3. The largest absolute Gasteiger partial charge is 0.462 e. The Morgan fingerprint density at radius 3 is 2.44 bits per heavy atom. The summed E-state index contributed by atoms with van der Waals surface area (Å²) in [5.41, 5.74) is 2.45. The van der Waals surface area contributed by atoms with Crippen LogP contribution in [-0.2, 0) is 9.53 Å². The van der Waals surface area contributed by atoms with Crippen molar-refractivity contribution in [1.29, 1.82) is 0 Å². The van der Waals surface area contributed by atoms with Gasteiger partial charge in [0.25, 0.3) is 0 Å². The highest BCUT2D eigenvalue weighted by Crippen LogP contribution is 2.67. The van der Waals surface area contributed by atoms with Crippen molar-refractivity contribution in [3.8, 4) is 0 Å². The van der Waals surface area contributed by atoms with Crippen LogP contribution < -0.4 is 0 Å². The van der Waals surface area contributed by atoms with Gasteiger partial charge in [-0.05, 0) is 123 Å². The first-order chi connectivity index (χ1) is 24.1. The number of fused-ring (bicyclic) bond motifs is 5. The molecule has 0 amide bonds. The summed E-state index contributed by atoms with van der Waals surface area (Å²) in [5, 5.41) is 9.92. The lowest BCUT2D eigenvalue weighted by Crippen LogP contribution is -2.51. The second-order valence-corrected chi connectivity index (χ2v) is 17.8. The molecule has 0 unspecified atom stereocenters. The van der Waals surface area contributed by atoms with Crippen LogP contribution in [0.15, 0.2) is 60.3 Å². The first kappa shape index (κ1) is 40.9. The summed E-state index contributed by atoms with van der Waals surface area (Å²) in [5.74, 6) is 5.15. The first-order valence-electron chi connectivity index (χ1n) is 21.3. The minimum Gasteiger partial charge on any atom is -0.462 e. The van der Waals surface area contributed by atoms with Crippen molar-refractivity contribution in [2.45, 2.75) is 182 Å². The van der Waals surface area contributed by atoms with Crippen LogP contribution in [0.25, 0.3) is 0 Å². The summed E-state index contributed by atoms with van der Waals surface area (Å²) in [6, 6.07) is 0. The predicted octanol–water partition coefficient (Wildman–Crippen LogP) is 13.1. The molecule has 0 aliphatic heterocycles. The maximum atomic E-state index is 12.8. The van der Waals surface area contributed by atoms with E-state index in [2.05, 4.69) is 78.0 Å². The monoisotopic (exact) mass is 689 g/mol. The van der Waals surface area contributed by atoms with Gasteiger partial charge in [0.15, 0.2) is 0 Å². The van der Waals surface area contributed by atoms with Gasteiger partial charge < -0.3 is 9.84 Å². The molecule has 0 saturated heterocycles. The highest BCUT2D eigenvalue weighted by atomic mass is 16.5. The fourth-order valence-electron chi connectivity index (χ4n) is 11.0. The smallest absolute Gasteiger partial charge is 0.306 e. The number of allylic oxidation sites excluding steroid dienone is 8. The van der Waals surface area contributed by atoms with Gasteiger partial charge in [-0.2, -0.15) is 0 Å². The summed E-state index contributed by atoms with van der Waals surface area (Å²) in [6.45, 7) is 14.8. The average molecular weight is 689 g/mol. The van der Waals surface area contributed by atoms with Crippen LogP contribution in [-0.4, -0.2) is 23.3 Å². The predicted molar refractivity (Wildman–Crippen MR) is 213 cm³/mol. The van der Waals surface area contributed by atoms with Crippen LogP contribution in [0.4, 0.5) is 0 Å². The van der Waals surface area contributed by atoms with Gasteiger partial charge in [-0.1, -0.05) is 140 Å². The zero-order chi connectivity index (χ0) is 36.0. The Balaban J connectivity index is 1.13. The molecule has 9 atom stereocenters. The van der Waals surface area contributed by atoms with Crippen LogP contribution in [0, 0.1) is 46.3 Å². The van der Waals surface area contributed by atoms with Gasteiger partial charge in [0.2, 0.25) is 0 Å². The van der Waals surface area contributed by atoms with Crippen LogP contribution in [0.1, 0.15) is 170 Å². The molecule has 282 valence electrons. The van der Waals surface area contributed by atoms with E-state index in [1.165, 1.54) is 70.6 Å². The lowest BCUT2D eigenvalue weighted by Gasteiger charge is -2.58. The highest BCUT2D eigenvalue weighted by molar-refractivity contribution is 5.69. The number of aliphatic hydroxyl groups excluding tert-OH is 1. The molecular formula is C47H76O3. The number of ether oxygens (including phenoxy) is 1. The summed E-state index contributed by atoms with van der Waals surface area (Å²) in [7, 11) is 0. The molecule has 4 aliphatic carbocycles. The van der Waals surface area contributed by atoms with Gasteiger partial charge in [0, 0.05) is 12.8 Å². The van der Waals surface area contributed by atoms with Gasteiger partial charge in [-0.25, -0.2) is 0 Å². The molecule has 3 fully saturated rings. The lowest BCUT2D eigenvalue weighted by atomic mass is 9.47. The molecule has 4 rings (SSSR count). The third kappa shape index (κ3) is 11.3. The molecule has 1 N–H and O–H groups in total. The Kier molecular flexibility index (Phi) is 16.7. The fourth-order valence-corrected chi connectivity index (χ4v) is 11.0. The summed E-state index contributed by atoms with van der Waals surface area (Å²) >= 11 is 0. The summed E-state index contributed by atoms with van der Waals surface area (Å²) in [4.78, 5) is 12.8. The van der Waals surface area contributed by atoms with E-state index in [1.54, 1.807) is 5.57 Å². The zero-order valence-electron chi connectivity index (χ0n) is 33.2. The van der Waals surface area contributed by atoms with E-state index in [1.807, 2.05) is 18.2 Å². The standard InChI is InChI=1S/C47H76O3/c1-7-8-18-24-39(48)25-19-16-14-12-10-9-11-13-15-17-20-26-45(49)50-40-31-33-46(5)38(35-40)27-28-41-43-30-29-42(37(4)23-21-22-36(2)3)47(43,6)34-32-44(41)46/h9-10,13-16,19,25,27,36-37,39-44,48H,7-8,11-12,17-18,20-24,26,28-35H2,1-6H3/b10-9-,15-13-,16-14-,25-19+/t37-,39-,40+,41+,42-,43+,44+,46+,47-/m1/s1. The Hall–Kier alpha value is -1.87. The van der Waals surface area contributed by atoms with E-state index in [0.29, 0.717) is 17.3 Å². The summed E-state index contributed by atoms with van der Waals surface area (Å²) in [6.07, 6.45) is 41.8. The highest BCUT2D eigenvalue weighted by Gasteiger charge is 2.59. The van der Waals surface area contributed by atoms with Gasteiger partial charge in [0.1, 0.15) is 6.10 Å². The molecule has 0 spiro atoms. The average Bonchev–Trinajstić information content (AvgIpc) is 3.44. The fraction of sp³-hybridized carbons (Fsp3) is 0.766. The van der Waals surface area contributed by atoms with Crippen LogP contribution in [0.2, 0.25) is 0 Å². The maximum absolute atomic E-state index is 12.8. The molecule has 3 saturated carbocycles. The number of aliphatic hydroxyl groups is 1. The third-order valence-corrected chi connectivity index (χ3v) is 13.9. The van der Waals surface area contributed by atoms with E-state index >= 15 is 0 Å². The van der Waals surface area contributed by atoms with Crippen molar-refractivity contribution >= 4 is 5.97 Å². The molecule has 4 aliphatic rings.